The fourth-order valence-corrected chi connectivity index (χ4v) is 1.85. The second-order valence-corrected chi connectivity index (χ2v) is 4.81. The molecule has 0 aliphatic carbocycles. The number of hydrogen-bond acceptors (Lipinski definition) is 7. The SMILES string of the molecule is CC(=O)N(N=Nc1ccc([N+](=O)[O-])cc1F)c1ccc([N+](=O)[O-])cc1F. The van der Waals surface area contributed by atoms with Crippen molar-refractivity contribution in [2.75, 3.05) is 5.01 Å². The van der Waals surface area contributed by atoms with Crippen LogP contribution in [0.2, 0.25) is 0 Å². The predicted molar refractivity (Wildman–Crippen MR) is 83.8 cm³/mol. The van der Waals surface area contributed by atoms with Gasteiger partial charge >= 0.3 is 0 Å². The lowest BCUT2D eigenvalue weighted by Gasteiger charge is -2.14. The van der Waals surface area contributed by atoms with Gasteiger partial charge in [-0.2, -0.15) is 5.01 Å². The minimum atomic E-state index is -1.11. The van der Waals surface area contributed by atoms with Gasteiger partial charge in [0.1, 0.15) is 11.4 Å². The van der Waals surface area contributed by atoms with Crippen LogP contribution in [0.15, 0.2) is 46.7 Å². The quantitative estimate of drug-likeness (QED) is 0.451. The summed E-state index contributed by atoms with van der Waals surface area (Å²) in [7, 11) is 0. The summed E-state index contributed by atoms with van der Waals surface area (Å²) in [6.07, 6.45) is 0. The lowest BCUT2D eigenvalue weighted by atomic mass is 10.2. The first-order valence-electron chi connectivity index (χ1n) is 6.81. The third-order valence-electron chi connectivity index (χ3n) is 3.05. The molecule has 134 valence electrons. The summed E-state index contributed by atoms with van der Waals surface area (Å²) in [6.45, 7) is 1.02. The molecular formula is C14H9F2N5O5. The minimum absolute atomic E-state index is 0.427. The van der Waals surface area contributed by atoms with E-state index in [-0.39, 0.29) is 0 Å². The highest BCUT2D eigenvalue weighted by atomic mass is 19.1. The molecule has 1 amide bonds. The molecule has 0 spiro atoms. The van der Waals surface area contributed by atoms with Crippen molar-refractivity contribution in [2.45, 2.75) is 6.92 Å². The van der Waals surface area contributed by atoms with Crippen LogP contribution >= 0.6 is 0 Å². The molecule has 0 unspecified atom stereocenters. The number of non-ortho nitro benzene ring substituents is 2. The number of nitro benzene ring substituents is 2. The van der Waals surface area contributed by atoms with Gasteiger partial charge in [-0.1, -0.05) is 5.22 Å². The highest BCUT2D eigenvalue weighted by Crippen LogP contribution is 2.27. The maximum atomic E-state index is 14.0. The van der Waals surface area contributed by atoms with Crippen molar-refractivity contribution in [1.82, 2.24) is 0 Å². The molecule has 2 rings (SSSR count). The third kappa shape index (κ3) is 3.98. The van der Waals surface area contributed by atoms with E-state index in [4.69, 9.17) is 0 Å². The van der Waals surface area contributed by atoms with Crippen molar-refractivity contribution in [1.29, 1.82) is 0 Å². The molecule has 0 saturated carbocycles. The highest BCUT2D eigenvalue weighted by Gasteiger charge is 2.19. The third-order valence-corrected chi connectivity index (χ3v) is 3.05. The maximum absolute atomic E-state index is 14.0. The molecule has 10 nitrogen and oxygen atoms in total. The molecule has 0 saturated heterocycles. The molecule has 0 heterocycles. The molecule has 2 aromatic rings. The van der Waals surface area contributed by atoms with Crippen LogP contribution in [0.25, 0.3) is 0 Å². The Balaban J connectivity index is 2.37. The van der Waals surface area contributed by atoms with Crippen molar-refractivity contribution >= 4 is 28.7 Å². The van der Waals surface area contributed by atoms with Gasteiger partial charge in [0.2, 0.25) is 5.91 Å². The zero-order chi connectivity index (χ0) is 19.4. The van der Waals surface area contributed by atoms with Gasteiger partial charge in [-0.15, -0.1) is 5.11 Å². The van der Waals surface area contributed by atoms with E-state index in [0.29, 0.717) is 17.1 Å². The minimum Gasteiger partial charge on any atom is -0.273 e. The second-order valence-electron chi connectivity index (χ2n) is 4.81. The lowest BCUT2D eigenvalue weighted by molar-refractivity contribution is -0.385. The van der Waals surface area contributed by atoms with Gasteiger partial charge in [-0.05, 0) is 12.1 Å². The summed E-state index contributed by atoms with van der Waals surface area (Å²) in [5, 5.41) is 28.5. The molecule has 0 aliphatic rings. The van der Waals surface area contributed by atoms with Gasteiger partial charge < -0.3 is 0 Å². The summed E-state index contributed by atoms with van der Waals surface area (Å²) in [5.74, 6) is -2.99. The first-order valence-corrected chi connectivity index (χ1v) is 6.81. The lowest BCUT2D eigenvalue weighted by Crippen LogP contribution is -2.22. The van der Waals surface area contributed by atoms with Gasteiger partial charge in [0, 0.05) is 19.1 Å². The van der Waals surface area contributed by atoms with Crippen molar-refractivity contribution in [3.8, 4) is 0 Å². The number of rotatable bonds is 5. The maximum Gasteiger partial charge on any atom is 0.272 e. The van der Waals surface area contributed by atoms with Gasteiger partial charge in [0.05, 0.1) is 22.0 Å². The van der Waals surface area contributed by atoms with E-state index in [0.717, 1.165) is 31.2 Å². The molecule has 2 aromatic carbocycles. The van der Waals surface area contributed by atoms with Gasteiger partial charge in [0.15, 0.2) is 11.6 Å². The Kier molecular flexibility index (Phi) is 5.25. The summed E-state index contributed by atoms with van der Waals surface area (Å²) in [4.78, 5) is 31.2. The number of hydrogen-bond donors (Lipinski definition) is 0. The summed E-state index contributed by atoms with van der Waals surface area (Å²) < 4.78 is 27.8. The van der Waals surface area contributed by atoms with E-state index in [1.807, 2.05) is 0 Å². The number of carbonyl (C=O) groups excluding carboxylic acids is 1. The van der Waals surface area contributed by atoms with E-state index < -0.39 is 50.1 Å². The van der Waals surface area contributed by atoms with E-state index in [1.54, 1.807) is 0 Å². The van der Waals surface area contributed by atoms with Gasteiger partial charge in [-0.25, -0.2) is 8.78 Å². The fraction of sp³-hybridized carbons (Fsp3) is 0.0714. The number of carbonyl (C=O) groups is 1. The van der Waals surface area contributed by atoms with E-state index in [1.165, 1.54) is 0 Å². The molecule has 0 N–H and O–H groups in total. The first-order chi connectivity index (χ1) is 12.2. The molecule has 0 fully saturated rings. The van der Waals surface area contributed by atoms with Crippen molar-refractivity contribution in [3.05, 3.63) is 68.3 Å². The largest absolute Gasteiger partial charge is 0.273 e. The van der Waals surface area contributed by atoms with Crippen LogP contribution in [0.5, 0.6) is 0 Å². The summed E-state index contributed by atoms with van der Waals surface area (Å²) >= 11 is 0. The first kappa shape index (κ1) is 18.5. The smallest absolute Gasteiger partial charge is 0.272 e. The van der Waals surface area contributed by atoms with Gasteiger partial charge in [-0.3, -0.25) is 25.0 Å². The fourth-order valence-electron chi connectivity index (χ4n) is 1.85. The van der Waals surface area contributed by atoms with Crippen molar-refractivity contribution in [2.24, 2.45) is 10.3 Å². The van der Waals surface area contributed by atoms with Crippen LogP contribution in [0.1, 0.15) is 6.92 Å². The van der Waals surface area contributed by atoms with Crippen LogP contribution in [-0.2, 0) is 4.79 Å². The van der Waals surface area contributed by atoms with Crippen LogP contribution in [0.3, 0.4) is 0 Å². The average molecular weight is 365 g/mol. The number of amides is 1. The predicted octanol–water partition coefficient (Wildman–Crippen LogP) is 3.83. The number of nitrogens with zero attached hydrogens (tertiary/aromatic N) is 5. The molecule has 26 heavy (non-hydrogen) atoms. The summed E-state index contributed by atoms with van der Waals surface area (Å²) in [6, 6.07) is 5.03. The molecule has 12 heteroatoms. The van der Waals surface area contributed by atoms with E-state index in [9.17, 15) is 33.8 Å². The Bertz CT molecular complexity index is 934. The zero-order valence-corrected chi connectivity index (χ0v) is 13.0. The average Bonchev–Trinajstić information content (AvgIpc) is 2.56. The zero-order valence-electron chi connectivity index (χ0n) is 13.0. The Morgan fingerprint density at radius 3 is 2.00 bits per heavy atom. The Labute approximate surface area is 143 Å². The van der Waals surface area contributed by atoms with E-state index >= 15 is 0 Å². The van der Waals surface area contributed by atoms with Crippen molar-refractivity contribution in [3.63, 3.8) is 0 Å². The van der Waals surface area contributed by atoms with Crippen LogP contribution in [0.4, 0.5) is 31.5 Å². The second kappa shape index (κ2) is 7.38. The Morgan fingerprint density at radius 2 is 1.54 bits per heavy atom. The monoisotopic (exact) mass is 365 g/mol. The molecule has 0 bridgehead atoms. The van der Waals surface area contributed by atoms with E-state index in [2.05, 4.69) is 10.3 Å². The molecule has 0 radical (unpaired) electrons. The number of halogens is 2. The molecular weight excluding hydrogens is 356 g/mol. The number of nitro groups is 2. The van der Waals surface area contributed by atoms with Crippen molar-refractivity contribution < 1.29 is 23.4 Å². The van der Waals surface area contributed by atoms with Crippen LogP contribution < -0.4 is 5.01 Å². The number of anilines is 1. The highest BCUT2D eigenvalue weighted by molar-refractivity contribution is 5.90. The van der Waals surface area contributed by atoms with Crippen LogP contribution in [-0.4, -0.2) is 15.8 Å². The molecule has 0 aromatic heterocycles. The van der Waals surface area contributed by atoms with Gasteiger partial charge in [0.25, 0.3) is 11.4 Å². The topological polar surface area (TPSA) is 131 Å². The normalized spacial score (nSPS) is 10.7. The Morgan fingerprint density at radius 1 is 1.00 bits per heavy atom. The molecule has 0 aliphatic heterocycles. The standard InChI is InChI=1S/C14H9F2N5O5/c1-8(22)19(14-5-3-10(21(25)26)7-12(14)16)18-17-13-4-2-9(20(23)24)6-11(13)15/h2-7H,1H3. The Hall–Kier alpha value is -3.83. The molecule has 0 atom stereocenters. The van der Waals surface area contributed by atoms with Crippen LogP contribution in [0, 0.1) is 31.9 Å². The number of benzene rings is 2. The summed E-state index contributed by atoms with van der Waals surface area (Å²) in [5.41, 5.74) is -1.90.